The monoisotopic (exact) mass is 412 g/mol. The van der Waals surface area contributed by atoms with Gasteiger partial charge in [0.15, 0.2) is 5.78 Å². The third kappa shape index (κ3) is 2.81. The van der Waals surface area contributed by atoms with Crippen LogP contribution in [0.2, 0.25) is 0 Å². The summed E-state index contributed by atoms with van der Waals surface area (Å²) in [7, 11) is 3.54. The second-order valence-electron chi connectivity index (χ2n) is 8.24. The SMILES string of the molecule is COc1ccc2c(c1)[C@]1(C(=O)N2)[C@H](C(=O)c2ccccc2)[C@H](c2ccccc2)CN1C. The van der Waals surface area contributed by atoms with Gasteiger partial charge in [-0.3, -0.25) is 14.5 Å². The minimum Gasteiger partial charge on any atom is -0.497 e. The average molecular weight is 412 g/mol. The molecule has 3 atom stereocenters. The van der Waals surface area contributed by atoms with Crippen LogP contribution in [0, 0.1) is 5.92 Å². The number of benzene rings is 3. The molecule has 0 unspecified atom stereocenters. The summed E-state index contributed by atoms with van der Waals surface area (Å²) in [6, 6.07) is 24.9. The van der Waals surface area contributed by atoms with Gasteiger partial charge in [-0.25, -0.2) is 0 Å². The van der Waals surface area contributed by atoms with Gasteiger partial charge < -0.3 is 10.1 Å². The van der Waals surface area contributed by atoms with Crippen LogP contribution in [0.1, 0.15) is 27.4 Å². The standard InChI is InChI=1S/C26H24N2O3/c1-28-16-20(17-9-5-3-6-10-17)23(24(29)18-11-7-4-8-12-18)26(28)21-15-19(31-2)13-14-22(21)27-25(26)30/h3-15,20,23H,16H2,1-2H3,(H,27,30)/t20-,23-,26+/m0/s1. The number of likely N-dealkylation sites (tertiary alicyclic amines) is 1. The van der Waals surface area contributed by atoms with Crippen LogP contribution < -0.4 is 10.1 Å². The number of ether oxygens (including phenoxy) is 1. The lowest BCUT2D eigenvalue weighted by Crippen LogP contribution is -2.51. The molecule has 1 fully saturated rings. The average Bonchev–Trinajstić information content (AvgIpc) is 3.29. The summed E-state index contributed by atoms with van der Waals surface area (Å²) in [6.07, 6.45) is 0. The maximum atomic E-state index is 14.0. The number of nitrogens with zero attached hydrogens (tertiary/aromatic N) is 1. The molecule has 0 radical (unpaired) electrons. The second-order valence-corrected chi connectivity index (χ2v) is 8.24. The van der Waals surface area contributed by atoms with Crippen molar-refractivity contribution in [2.75, 3.05) is 26.0 Å². The summed E-state index contributed by atoms with van der Waals surface area (Å²) in [5.74, 6) is -0.217. The first-order chi connectivity index (χ1) is 15.1. The van der Waals surface area contributed by atoms with Crippen LogP contribution in [0.3, 0.4) is 0 Å². The summed E-state index contributed by atoms with van der Waals surface area (Å²) in [5.41, 5.74) is 2.11. The fourth-order valence-electron chi connectivity index (χ4n) is 5.33. The quantitative estimate of drug-likeness (QED) is 0.657. The Labute approximate surface area is 181 Å². The van der Waals surface area contributed by atoms with E-state index in [1.807, 2.05) is 90.8 Å². The van der Waals surface area contributed by atoms with Crippen molar-refractivity contribution in [3.05, 3.63) is 95.6 Å². The molecule has 0 bridgehead atoms. The summed E-state index contributed by atoms with van der Waals surface area (Å²) < 4.78 is 5.46. The highest BCUT2D eigenvalue weighted by atomic mass is 16.5. The molecule has 1 amide bonds. The van der Waals surface area contributed by atoms with Crippen LogP contribution in [0.4, 0.5) is 5.69 Å². The molecule has 156 valence electrons. The van der Waals surface area contributed by atoms with E-state index in [1.54, 1.807) is 7.11 Å². The molecule has 0 saturated carbocycles. The molecule has 2 aliphatic heterocycles. The minimum atomic E-state index is -1.10. The zero-order chi connectivity index (χ0) is 21.6. The number of ketones is 1. The van der Waals surface area contributed by atoms with Gasteiger partial charge in [-0.2, -0.15) is 0 Å². The summed E-state index contributed by atoms with van der Waals surface area (Å²) in [5, 5.41) is 3.03. The Morgan fingerprint density at radius 2 is 1.71 bits per heavy atom. The van der Waals surface area contributed by atoms with E-state index < -0.39 is 11.5 Å². The van der Waals surface area contributed by atoms with Crippen LogP contribution in [0.15, 0.2) is 78.9 Å². The minimum absolute atomic E-state index is 0.0235. The summed E-state index contributed by atoms with van der Waals surface area (Å²) >= 11 is 0. The predicted molar refractivity (Wildman–Crippen MR) is 119 cm³/mol. The number of hydrogen-bond acceptors (Lipinski definition) is 4. The van der Waals surface area contributed by atoms with Crippen molar-refractivity contribution in [2.24, 2.45) is 5.92 Å². The van der Waals surface area contributed by atoms with Crippen LogP contribution >= 0.6 is 0 Å². The molecular weight excluding hydrogens is 388 g/mol. The van der Waals surface area contributed by atoms with E-state index in [-0.39, 0.29) is 17.6 Å². The Morgan fingerprint density at radius 3 is 2.39 bits per heavy atom. The van der Waals surface area contributed by atoms with Gasteiger partial charge in [0, 0.05) is 29.3 Å². The van der Waals surface area contributed by atoms with E-state index >= 15 is 0 Å². The number of carbonyl (C=O) groups is 2. The number of likely N-dealkylation sites (N-methyl/N-ethyl adjacent to an activating group) is 1. The number of anilines is 1. The van der Waals surface area contributed by atoms with Crippen LogP contribution in [-0.2, 0) is 10.3 Å². The number of fused-ring (bicyclic) bond motifs is 2. The van der Waals surface area contributed by atoms with Crippen molar-refractivity contribution in [1.29, 1.82) is 0 Å². The Bertz CT molecular complexity index is 1150. The summed E-state index contributed by atoms with van der Waals surface area (Å²) in [4.78, 5) is 29.7. The zero-order valence-electron chi connectivity index (χ0n) is 17.5. The molecule has 1 saturated heterocycles. The fourth-order valence-corrected chi connectivity index (χ4v) is 5.33. The van der Waals surface area contributed by atoms with E-state index in [2.05, 4.69) is 5.32 Å². The first kappa shape index (κ1) is 19.5. The Kier molecular flexibility index (Phi) is 4.63. The van der Waals surface area contributed by atoms with Gasteiger partial charge >= 0.3 is 0 Å². The van der Waals surface area contributed by atoms with Crippen molar-refractivity contribution in [3.8, 4) is 5.75 Å². The van der Waals surface area contributed by atoms with Crippen molar-refractivity contribution >= 4 is 17.4 Å². The molecule has 2 heterocycles. The fraction of sp³-hybridized carbons (Fsp3) is 0.231. The van der Waals surface area contributed by atoms with Crippen molar-refractivity contribution in [1.82, 2.24) is 4.90 Å². The molecule has 31 heavy (non-hydrogen) atoms. The van der Waals surface area contributed by atoms with Gasteiger partial charge in [0.2, 0.25) is 5.91 Å². The molecule has 0 aliphatic carbocycles. The molecule has 5 rings (SSSR count). The number of rotatable bonds is 4. The number of hydrogen-bond donors (Lipinski definition) is 1. The van der Waals surface area contributed by atoms with E-state index in [0.29, 0.717) is 17.9 Å². The number of Topliss-reactive ketones (excluding diaryl/α,β-unsaturated/α-hetero) is 1. The lowest BCUT2D eigenvalue weighted by Gasteiger charge is -2.35. The van der Waals surface area contributed by atoms with Crippen LogP contribution in [0.25, 0.3) is 0 Å². The number of nitrogens with one attached hydrogen (secondary N) is 1. The lowest BCUT2D eigenvalue weighted by atomic mass is 9.70. The Morgan fingerprint density at radius 1 is 1.03 bits per heavy atom. The van der Waals surface area contributed by atoms with E-state index in [1.165, 1.54) is 0 Å². The van der Waals surface area contributed by atoms with Gasteiger partial charge in [0.1, 0.15) is 11.3 Å². The van der Waals surface area contributed by atoms with Crippen LogP contribution in [0.5, 0.6) is 5.75 Å². The van der Waals surface area contributed by atoms with E-state index in [0.717, 1.165) is 16.8 Å². The molecule has 2 aliphatic rings. The zero-order valence-corrected chi connectivity index (χ0v) is 17.5. The van der Waals surface area contributed by atoms with Gasteiger partial charge in [-0.1, -0.05) is 60.7 Å². The molecular formula is C26H24N2O3. The number of carbonyl (C=O) groups excluding carboxylic acids is 2. The van der Waals surface area contributed by atoms with E-state index in [4.69, 9.17) is 4.74 Å². The largest absolute Gasteiger partial charge is 0.497 e. The first-order valence-electron chi connectivity index (χ1n) is 10.4. The highest BCUT2D eigenvalue weighted by Crippen LogP contribution is 2.56. The molecule has 5 nitrogen and oxygen atoms in total. The van der Waals surface area contributed by atoms with Crippen molar-refractivity contribution in [2.45, 2.75) is 11.5 Å². The number of amides is 1. The lowest BCUT2D eigenvalue weighted by molar-refractivity contribution is -0.126. The highest BCUT2D eigenvalue weighted by Gasteiger charge is 2.64. The molecule has 1 spiro atoms. The normalized spacial score (nSPS) is 24.8. The molecule has 1 N–H and O–H groups in total. The Balaban J connectivity index is 1.74. The molecule has 0 aromatic heterocycles. The third-order valence-electron chi connectivity index (χ3n) is 6.73. The molecule has 3 aromatic rings. The predicted octanol–water partition coefficient (Wildman–Crippen LogP) is 4.07. The topological polar surface area (TPSA) is 58.6 Å². The number of methoxy groups -OCH3 is 1. The molecule has 5 heteroatoms. The first-order valence-corrected chi connectivity index (χ1v) is 10.4. The van der Waals surface area contributed by atoms with Gasteiger partial charge in [0.25, 0.3) is 0 Å². The maximum Gasteiger partial charge on any atom is 0.250 e. The summed E-state index contributed by atoms with van der Waals surface area (Å²) in [6.45, 7) is 0.595. The van der Waals surface area contributed by atoms with Gasteiger partial charge in [-0.15, -0.1) is 0 Å². The van der Waals surface area contributed by atoms with Crippen LogP contribution in [-0.4, -0.2) is 37.3 Å². The Hall–Kier alpha value is -3.44. The van der Waals surface area contributed by atoms with E-state index in [9.17, 15) is 9.59 Å². The van der Waals surface area contributed by atoms with Crippen molar-refractivity contribution in [3.63, 3.8) is 0 Å². The maximum absolute atomic E-state index is 14.0. The van der Waals surface area contributed by atoms with Gasteiger partial charge in [-0.05, 0) is 30.8 Å². The van der Waals surface area contributed by atoms with Gasteiger partial charge in [0.05, 0.1) is 13.0 Å². The highest BCUT2D eigenvalue weighted by molar-refractivity contribution is 6.12. The second kappa shape index (κ2) is 7.36. The smallest absolute Gasteiger partial charge is 0.250 e. The third-order valence-corrected chi connectivity index (χ3v) is 6.73. The van der Waals surface area contributed by atoms with Crippen molar-refractivity contribution < 1.29 is 14.3 Å². The molecule has 3 aromatic carbocycles.